The van der Waals surface area contributed by atoms with Crippen LogP contribution in [0.3, 0.4) is 0 Å². The molecule has 10 heteroatoms. The molecule has 1 aromatic carbocycles. The average molecular weight is 478 g/mol. The van der Waals surface area contributed by atoms with Crippen LogP contribution < -0.4 is 0 Å². The second-order valence-electron chi connectivity index (χ2n) is 8.80. The summed E-state index contributed by atoms with van der Waals surface area (Å²) in [5.74, 6) is -0.682. The third-order valence-electron chi connectivity index (χ3n) is 5.72. The van der Waals surface area contributed by atoms with Gasteiger partial charge in [0.25, 0.3) is 5.82 Å². The van der Waals surface area contributed by atoms with E-state index in [4.69, 9.17) is 4.98 Å². The van der Waals surface area contributed by atoms with Crippen LogP contribution in [0.4, 0.5) is 13.2 Å². The number of aromatic amines is 1. The Kier molecular flexibility index (Phi) is 6.83. The van der Waals surface area contributed by atoms with E-state index in [2.05, 4.69) is 58.7 Å². The predicted molar refractivity (Wildman–Crippen MR) is 120 cm³/mol. The first-order chi connectivity index (χ1) is 15.7. The molecule has 3 aromatic rings. The number of halogens is 3. The highest BCUT2D eigenvalue weighted by atomic mass is 32.1. The largest absolute Gasteiger partial charge is 0.453 e. The van der Waals surface area contributed by atoms with Crippen molar-refractivity contribution < 1.29 is 18.0 Å². The van der Waals surface area contributed by atoms with Gasteiger partial charge in [0.1, 0.15) is 5.82 Å². The molecule has 6 nitrogen and oxygen atoms in total. The monoisotopic (exact) mass is 477 g/mol. The summed E-state index contributed by atoms with van der Waals surface area (Å²) in [7, 11) is 0. The van der Waals surface area contributed by atoms with E-state index in [-0.39, 0.29) is 24.1 Å². The first-order valence-electron chi connectivity index (χ1n) is 11.0. The highest BCUT2D eigenvalue weighted by Gasteiger charge is 2.36. The van der Waals surface area contributed by atoms with Gasteiger partial charge < -0.3 is 4.90 Å². The zero-order valence-corrected chi connectivity index (χ0v) is 19.3. The Balaban J connectivity index is 1.31. The van der Waals surface area contributed by atoms with Crippen LogP contribution in [0.2, 0.25) is 0 Å². The number of nitrogens with zero attached hydrogens (tertiary/aromatic N) is 4. The molecule has 0 spiro atoms. The maximum absolute atomic E-state index is 12.6. The van der Waals surface area contributed by atoms with Gasteiger partial charge in [-0.25, -0.2) is 9.97 Å². The van der Waals surface area contributed by atoms with Gasteiger partial charge in [-0.15, -0.1) is 16.4 Å². The fourth-order valence-electron chi connectivity index (χ4n) is 4.02. The van der Waals surface area contributed by atoms with E-state index in [1.807, 2.05) is 0 Å². The van der Waals surface area contributed by atoms with Gasteiger partial charge in [0.2, 0.25) is 5.91 Å². The van der Waals surface area contributed by atoms with Crippen molar-refractivity contribution in [2.75, 3.05) is 13.1 Å². The van der Waals surface area contributed by atoms with Crippen LogP contribution in [-0.4, -0.2) is 44.1 Å². The van der Waals surface area contributed by atoms with E-state index < -0.39 is 12.0 Å². The first kappa shape index (κ1) is 23.4. The number of carbonyl (C=O) groups excluding carboxylic acids is 1. The summed E-state index contributed by atoms with van der Waals surface area (Å²) in [6.45, 7) is 5.50. The second-order valence-corrected chi connectivity index (χ2v) is 9.69. The van der Waals surface area contributed by atoms with E-state index in [1.54, 1.807) is 16.2 Å². The molecule has 0 aliphatic carbocycles. The van der Waals surface area contributed by atoms with Crippen molar-refractivity contribution in [1.29, 1.82) is 0 Å². The van der Waals surface area contributed by atoms with Crippen LogP contribution >= 0.6 is 11.3 Å². The Morgan fingerprint density at radius 3 is 2.48 bits per heavy atom. The molecule has 33 heavy (non-hydrogen) atoms. The average Bonchev–Trinajstić information content (AvgIpc) is 3.44. The number of hydrogen-bond acceptors (Lipinski definition) is 5. The van der Waals surface area contributed by atoms with Crippen molar-refractivity contribution in [2.24, 2.45) is 5.92 Å². The first-order valence-corrected chi connectivity index (χ1v) is 11.9. The zero-order chi connectivity index (χ0) is 23.6. The Bertz CT molecular complexity index is 1080. The zero-order valence-electron chi connectivity index (χ0n) is 18.5. The molecule has 1 saturated heterocycles. The molecule has 0 bridgehead atoms. The van der Waals surface area contributed by atoms with Crippen molar-refractivity contribution in [1.82, 2.24) is 25.1 Å². The quantitative estimate of drug-likeness (QED) is 0.536. The number of aromatic nitrogens is 4. The van der Waals surface area contributed by atoms with Gasteiger partial charge in [-0.1, -0.05) is 38.1 Å². The number of nitrogens with one attached hydrogen (secondary N) is 1. The molecule has 3 heterocycles. The maximum atomic E-state index is 12.6. The SMILES string of the molecule is CC(C)Cc1ccc(-c2csc(C3CCN(C(=O)Cc4nc(C(F)(F)F)n[nH]4)CC3)n2)cc1. The van der Waals surface area contributed by atoms with Crippen molar-refractivity contribution in [2.45, 2.75) is 51.6 Å². The smallest absolute Gasteiger partial charge is 0.342 e. The number of rotatable bonds is 6. The van der Waals surface area contributed by atoms with Crippen LogP contribution in [0.5, 0.6) is 0 Å². The lowest BCUT2D eigenvalue weighted by molar-refractivity contribution is -0.144. The summed E-state index contributed by atoms with van der Waals surface area (Å²) in [6.07, 6.45) is -2.24. The number of alkyl halides is 3. The lowest BCUT2D eigenvalue weighted by Gasteiger charge is -2.31. The fraction of sp³-hybridized carbons (Fsp3) is 0.478. The van der Waals surface area contributed by atoms with E-state index in [0.717, 1.165) is 35.5 Å². The standard InChI is InChI=1S/C23H26F3N5OS/c1-14(2)11-15-3-5-16(6-4-15)18-13-33-21(27-18)17-7-9-31(10-8-17)20(32)12-19-28-22(30-29-19)23(24,25)26/h3-6,13-14,17H,7-12H2,1-2H3,(H,28,29,30). The number of benzene rings is 1. The summed E-state index contributed by atoms with van der Waals surface area (Å²) < 4.78 is 37.9. The van der Waals surface area contributed by atoms with Crippen LogP contribution in [0.25, 0.3) is 11.3 Å². The number of hydrogen-bond donors (Lipinski definition) is 1. The number of likely N-dealkylation sites (tertiary alicyclic amines) is 1. The summed E-state index contributed by atoms with van der Waals surface area (Å²) in [4.78, 5) is 22.4. The van der Waals surface area contributed by atoms with Crippen LogP contribution in [0, 0.1) is 5.92 Å². The molecule has 1 amide bonds. The lowest BCUT2D eigenvalue weighted by atomic mass is 9.97. The molecule has 1 fully saturated rings. The van der Waals surface area contributed by atoms with Gasteiger partial charge in [0, 0.05) is 30.0 Å². The van der Waals surface area contributed by atoms with Crippen molar-refractivity contribution in [3.8, 4) is 11.3 Å². The minimum absolute atomic E-state index is 0.0709. The van der Waals surface area contributed by atoms with E-state index in [1.165, 1.54) is 5.56 Å². The molecule has 0 saturated carbocycles. The Morgan fingerprint density at radius 1 is 1.18 bits per heavy atom. The summed E-state index contributed by atoms with van der Waals surface area (Å²) in [5.41, 5.74) is 3.39. The molecule has 2 aromatic heterocycles. The maximum Gasteiger partial charge on any atom is 0.453 e. The minimum Gasteiger partial charge on any atom is -0.342 e. The molecule has 176 valence electrons. The Labute approximate surface area is 194 Å². The normalized spacial score (nSPS) is 15.4. The van der Waals surface area contributed by atoms with Gasteiger partial charge in [-0.05, 0) is 30.7 Å². The van der Waals surface area contributed by atoms with Crippen molar-refractivity contribution in [3.63, 3.8) is 0 Å². The fourth-order valence-corrected chi connectivity index (χ4v) is 5.02. The Hall–Kier alpha value is -2.75. The van der Waals surface area contributed by atoms with Crippen molar-refractivity contribution >= 4 is 17.2 Å². The third kappa shape index (κ3) is 5.79. The molecule has 0 radical (unpaired) electrons. The number of H-pyrrole nitrogens is 1. The summed E-state index contributed by atoms with van der Waals surface area (Å²) >= 11 is 1.64. The second kappa shape index (κ2) is 9.62. The van der Waals surface area contributed by atoms with Gasteiger partial charge in [-0.3, -0.25) is 9.89 Å². The van der Waals surface area contributed by atoms with Crippen LogP contribution in [0.1, 0.15) is 54.8 Å². The molecule has 1 aliphatic rings. The van der Waals surface area contributed by atoms with E-state index in [9.17, 15) is 18.0 Å². The number of piperidine rings is 1. The number of amides is 1. The van der Waals surface area contributed by atoms with Gasteiger partial charge >= 0.3 is 6.18 Å². The molecular weight excluding hydrogens is 451 g/mol. The van der Waals surface area contributed by atoms with Crippen molar-refractivity contribution in [3.05, 3.63) is 51.9 Å². The van der Waals surface area contributed by atoms with Gasteiger partial charge in [0.15, 0.2) is 0 Å². The molecule has 0 atom stereocenters. The van der Waals surface area contributed by atoms with Gasteiger partial charge in [0.05, 0.1) is 17.1 Å². The molecule has 1 N–H and O–H groups in total. The number of carbonyl (C=O) groups is 1. The molecule has 0 unspecified atom stereocenters. The topological polar surface area (TPSA) is 74.8 Å². The number of thiazole rings is 1. The minimum atomic E-state index is -4.63. The molecule has 4 rings (SSSR count). The molecule has 1 aliphatic heterocycles. The van der Waals surface area contributed by atoms with Crippen LogP contribution in [0.15, 0.2) is 29.6 Å². The summed E-state index contributed by atoms with van der Waals surface area (Å²) in [6, 6.07) is 8.55. The highest BCUT2D eigenvalue weighted by molar-refractivity contribution is 7.10. The molecular formula is C23H26F3N5OS. The summed E-state index contributed by atoms with van der Waals surface area (Å²) in [5, 5.41) is 8.49. The third-order valence-corrected chi connectivity index (χ3v) is 6.72. The van der Waals surface area contributed by atoms with Gasteiger partial charge in [-0.2, -0.15) is 13.2 Å². The Morgan fingerprint density at radius 2 is 1.88 bits per heavy atom. The van der Waals surface area contributed by atoms with Crippen LogP contribution in [-0.2, 0) is 23.8 Å². The highest BCUT2D eigenvalue weighted by Crippen LogP contribution is 2.33. The van der Waals surface area contributed by atoms with E-state index >= 15 is 0 Å². The predicted octanol–water partition coefficient (Wildman–Crippen LogP) is 5.09. The lowest BCUT2D eigenvalue weighted by Crippen LogP contribution is -2.39. The van der Waals surface area contributed by atoms with E-state index in [0.29, 0.717) is 19.0 Å².